The Morgan fingerprint density at radius 1 is 1.29 bits per heavy atom. The summed E-state index contributed by atoms with van der Waals surface area (Å²) in [5, 5.41) is 3.35. The van der Waals surface area contributed by atoms with Gasteiger partial charge in [0.05, 0.1) is 0 Å². The van der Waals surface area contributed by atoms with Crippen LogP contribution in [-0.2, 0) is 4.79 Å². The van der Waals surface area contributed by atoms with Crippen molar-refractivity contribution in [2.75, 3.05) is 20.1 Å². The molecule has 2 aliphatic rings. The number of nitrogens with zero attached hydrogens (tertiary/aromatic N) is 1. The molecule has 80 valence electrons. The molecule has 14 heavy (non-hydrogen) atoms. The molecular weight excluding hydrogens is 176 g/mol. The Morgan fingerprint density at radius 2 is 2.07 bits per heavy atom. The minimum Gasteiger partial charge on any atom is -0.341 e. The summed E-state index contributed by atoms with van der Waals surface area (Å²) in [4.78, 5) is 13.9. The molecule has 3 heteroatoms. The lowest BCUT2D eigenvalue weighted by atomic mass is 9.84. The van der Waals surface area contributed by atoms with Crippen LogP contribution in [0.5, 0.6) is 0 Å². The van der Waals surface area contributed by atoms with Crippen LogP contribution in [0, 0.1) is 5.92 Å². The van der Waals surface area contributed by atoms with E-state index in [4.69, 9.17) is 0 Å². The van der Waals surface area contributed by atoms with Gasteiger partial charge in [0.25, 0.3) is 0 Å². The van der Waals surface area contributed by atoms with E-state index >= 15 is 0 Å². The molecular formula is C11H20N2O. The Morgan fingerprint density at radius 3 is 2.57 bits per heavy atom. The molecule has 0 bridgehead atoms. The molecule has 1 aliphatic carbocycles. The van der Waals surface area contributed by atoms with E-state index in [2.05, 4.69) is 5.32 Å². The largest absolute Gasteiger partial charge is 0.341 e. The van der Waals surface area contributed by atoms with Crippen LogP contribution in [0.25, 0.3) is 0 Å². The fraction of sp³-hybridized carbons (Fsp3) is 0.909. The Balaban J connectivity index is 1.85. The molecule has 1 saturated heterocycles. The molecule has 2 rings (SSSR count). The van der Waals surface area contributed by atoms with Crippen LogP contribution in [0.2, 0.25) is 0 Å². The van der Waals surface area contributed by atoms with Gasteiger partial charge in [-0.1, -0.05) is 6.42 Å². The van der Waals surface area contributed by atoms with Crippen molar-refractivity contribution in [1.82, 2.24) is 10.2 Å². The van der Waals surface area contributed by atoms with Crippen molar-refractivity contribution in [3.05, 3.63) is 0 Å². The van der Waals surface area contributed by atoms with Crippen LogP contribution in [0.3, 0.4) is 0 Å². The minimum atomic E-state index is 0.349. The Labute approximate surface area is 85.8 Å². The number of carbonyl (C=O) groups excluding carboxylic acids is 1. The summed E-state index contributed by atoms with van der Waals surface area (Å²) in [6.07, 6.45) is 5.84. The lowest BCUT2D eigenvalue weighted by Gasteiger charge is -2.36. The van der Waals surface area contributed by atoms with Crippen LogP contribution in [0.4, 0.5) is 0 Å². The number of hydrogen-bond acceptors (Lipinski definition) is 2. The highest BCUT2D eigenvalue weighted by molar-refractivity contribution is 5.79. The molecule has 1 unspecified atom stereocenters. The lowest BCUT2D eigenvalue weighted by Crippen LogP contribution is -2.49. The highest BCUT2D eigenvalue weighted by Gasteiger charge is 2.31. The molecule has 1 N–H and O–H groups in total. The highest BCUT2D eigenvalue weighted by Crippen LogP contribution is 2.28. The fourth-order valence-corrected chi connectivity index (χ4v) is 2.29. The number of hydrogen-bond donors (Lipinski definition) is 1. The number of carbonyl (C=O) groups is 1. The van der Waals surface area contributed by atoms with Crippen molar-refractivity contribution in [2.24, 2.45) is 5.92 Å². The van der Waals surface area contributed by atoms with Gasteiger partial charge in [-0.25, -0.2) is 0 Å². The van der Waals surface area contributed by atoms with E-state index in [9.17, 15) is 4.79 Å². The maximum Gasteiger partial charge on any atom is 0.225 e. The van der Waals surface area contributed by atoms with Crippen LogP contribution in [-0.4, -0.2) is 37.0 Å². The minimum absolute atomic E-state index is 0.349. The van der Waals surface area contributed by atoms with Crippen molar-refractivity contribution in [3.63, 3.8) is 0 Å². The predicted octanol–water partition coefficient (Wildman–Crippen LogP) is 0.997. The molecule has 0 spiro atoms. The SMILES string of the molecule is CN(C(=O)C1CCC1)C1CCCNC1. The van der Waals surface area contributed by atoms with Crippen molar-refractivity contribution in [1.29, 1.82) is 0 Å². The van der Waals surface area contributed by atoms with Crippen molar-refractivity contribution < 1.29 is 4.79 Å². The second-order valence-electron chi connectivity index (χ2n) is 4.58. The van der Waals surface area contributed by atoms with Gasteiger partial charge in [0, 0.05) is 25.6 Å². The van der Waals surface area contributed by atoms with E-state index in [-0.39, 0.29) is 0 Å². The standard InChI is InChI=1S/C11H20N2O/c1-13(10-6-3-7-12-8-10)11(14)9-4-2-5-9/h9-10,12H,2-8H2,1H3. The molecule has 0 aromatic rings. The van der Waals surface area contributed by atoms with E-state index < -0.39 is 0 Å². The Kier molecular flexibility index (Phi) is 3.06. The summed E-state index contributed by atoms with van der Waals surface area (Å²) in [6, 6.07) is 0.442. The van der Waals surface area contributed by atoms with Crippen molar-refractivity contribution in [2.45, 2.75) is 38.1 Å². The van der Waals surface area contributed by atoms with Gasteiger partial charge in [-0.3, -0.25) is 4.79 Å². The second-order valence-corrected chi connectivity index (χ2v) is 4.58. The molecule has 1 heterocycles. The Hall–Kier alpha value is -0.570. The first-order valence-electron chi connectivity index (χ1n) is 5.76. The average Bonchev–Trinajstić information content (AvgIpc) is 2.15. The van der Waals surface area contributed by atoms with Crippen LogP contribution < -0.4 is 5.32 Å². The topological polar surface area (TPSA) is 32.3 Å². The smallest absolute Gasteiger partial charge is 0.225 e. The molecule has 0 aromatic carbocycles. The lowest BCUT2D eigenvalue weighted by molar-refractivity contribution is -0.139. The van der Waals surface area contributed by atoms with Gasteiger partial charge in [-0.2, -0.15) is 0 Å². The van der Waals surface area contributed by atoms with E-state index in [1.165, 1.54) is 19.3 Å². The summed E-state index contributed by atoms with van der Waals surface area (Å²) in [5.74, 6) is 0.729. The van der Waals surface area contributed by atoms with E-state index in [1.807, 2.05) is 11.9 Å². The zero-order chi connectivity index (χ0) is 9.97. The molecule has 1 atom stereocenters. The molecule has 1 saturated carbocycles. The van der Waals surface area contributed by atoms with Crippen LogP contribution >= 0.6 is 0 Å². The molecule has 0 radical (unpaired) electrons. The van der Waals surface area contributed by atoms with Gasteiger partial charge in [0.1, 0.15) is 0 Å². The average molecular weight is 196 g/mol. The fourth-order valence-electron chi connectivity index (χ4n) is 2.29. The number of rotatable bonds is 2. The van der Waals surface area contributed by atoms with Crippen molar-refractivity contribution in [3.8, 4) is 0 Å². The highest BCUT2D eigenvalue weighted by atomic mass is 16.2. The quantitative estimate of drug-likeness (QED) is 0.714. The second kappa shape index (κ2) is 4.30. The predicted molar refractivity (Wildman–Crippen MR) is 56.0 cm³/mol. The van der Waals surface area contributed by atoms with Gasteiger partial charge >= 0.3 is 0 Å². The molecule has 0 aromatic heterocycles. The Bertz CT molecular complexity index is 207. The van der Waals surface area contributed by atoms with Gasteiger partial charge in [-0.05, 0) is 32.2 Å². The van der Waals surface area contributed by atoms with E-state index in [0.29, 0.717) is 17.9 Å². The third kappa shape index (κ3) is 1.92. The molecule has 2 fully saturated rings. The number of amides is 1. The molecule has 1 aliphatic heterocycles. The monoisotopic (exact) mass is 196 g/mol. The third-order valence-electron chi connectivity index (χ3n) is 3.62. The maximum atomic E-state index is 11.9. The zero-order valence-corrected chi connectivity index (χ0v) is 8.96. The van der Waals surface area contributed by atoms with Gasteiger partial charge < -0.3 is 10.2 Å². The number of likely N-dealkylation sites (N-methyl/N-ethyl adjacent to an activating group) is 1. The summed E-state index contributed by atoms with van der Waals surface area (Å²) in [6.45, 7) is 2.09. The van der Waals surface area contributed by atoms with Crippen LogP contribution in [0.15, 0.2) is 0 Å². The van der Waals surface area contributed by atoms with Crippen molar-refractivity contribution >= 4 is 5.91 Å². The van der Waals surface area contributed by atoms with Gasteiger partial charge in [-0.15, -0.1) is 0 Å². The molecule has 1 amide bonds. The zero-order valence-electron chi connectivity index (χ0n) is 8.96. The third-order valence-corrected chi connectivity index (χ3v) is 3.62. The summed E-state index contributed by atoms with van der Waals surface area (Å²) in [7, 11) is 1.97. The first-order chi connectivity index (χ1) is 6.79. The summed E-state index contributed by atoms with van der Waals surface area (Å²) >= 11 is 0. The maximum absolute atomic E-state index is 11.9. The molecule has 3 nitrogen and oxygen atoms in total. The first-order valence-corrected chi connectivity index (χ1v) is 5.76. The normalized spacial score (nSPS) is 28.2. The number of nitrogens with one attached hydrogen (secondary N) is 1. The van der Waals surface area contributed by atoms with Gasteiger partial charge in [0.15, 0.2) is 0 Å². The van der Waals surface area contributed by atoms with E-state index in [1.54, 1.807) is 0 Å². The van der Waals surface area contributed by atoms with E-state index in [0.717, 1.165) is 25.9 Å². The number of piperidine rings is 1. The first kappa shape index (κ1) is 9.97. The summed E-state index contributed by atoms with van der Waals surface area (Å²) < 4.78 is 0. The van der Waals surface area contributed by atoms with Gasteiger partial charge in [0.2, 0.25) is 5.91 Å². The summed E-state index contributed by atoms with van der Waals surface area (Å²) in [5.41, 5.74) is 0. The van der Waals surface area contributed by atoms with Crippen LogP contribution in [0.1, 0.15) is 32.1 Å².